The van der Waals surface area contributed by atoms with E-state index in [0.717, 1.165) is 21.8 Å². The van der Waals surface area contributed by atoms with Gasteiger partial charge in [-0.2, -0.15) is 0 Å². The van der Waals surface area contributed by atoms with Gasteiger partial charge >= 0.3 is 0 Å². The molecule has 2 aromatic carbocycles. The maximum Gasteiger partial charge on any atom is 0.233 e. The molecule has 1 N–H and O–H groups in total. The molecular weight excluding hydrogens is 377 g/mol. The summed E-state index contributed by atoms with van der Waals surface area (Å²) in [6, 6.07) is 13.9. The Bertz CT molecular complexity index is 942. The molecule has 1 amide bonds. The lowest BCUT2D eigenvalue weighted by molar-refractivity contribution is -0.120. The number of nitrogens with one attached hydrogen (secondary N) is 1. The van der Waals surface area contributed by atoms with Crippen molar-refractivity contribution in [3.05, 3.63) is 59.9 Å². The molecule has 0 spiro atoms. The second kappa shape index (κ2) is 9.21. The van der Waals surface area contributed by atoms with Crippen LogP contribution >= 0.6 is 11.8 Å². The number of hydrogen-bond donors (Lipinski definition) is 1. The summed E-state index contributed by atoms with van der Waals surface area (Å²) in [5.41, 5.74) is 2.78. The summed E-state index contributed by atoms with van der Waals surface area (Å²) in [6.45, 7) is 4.98. The molecule has 1 heterocycles. The number of benzene rings is 2. The summed E-state index contributed by atoms with van der Waals surface area (Å²) in [4.78, 5) is 17.4. The molecule has 0 unspecified atom stereocenters. The first kappa shape index (κ1) is 20.4. The van der Waals surface area contributed by atoms with E-state index >= 15 is 0 Å². The normalized spacial score (nSPS) is 13.4. The van der Waals surface area contributed by atoms with Crippen molar-refractivity contribution in [3.63, 3.8) is 0 Å². The van der Waals surface area contributed by atoms with Crippen molar-refractivity contribution in [2.75, 3.05) is 13.7 Å². The van der Waals surface area contributed by atoms with Gasteiger partial charge < -0.3 is 14.6 Å². The maximum atomic E-state index is 13.1. The van der Waals surface area contributed by atoms with Crippen LogP contribution in [-0.4, -0.2) is 34.4 Å². The van der Waals surface area contributed by atoms with Crippen molar-refractivity contribution < 1.29 is 13.9 Å². The minimum absolute atomic E-state index is 0.0906. The molecule has 148 valence electrons. The Labute approximate surface area is 168 Å². The Balaban J connectivity index is 1.72. The third kappa shape index (κ3) is 4.72. The molecule has 3 rings (SSSR count). The van der Waals surface area contributed by atoms with E-state index in [1.165, 1.54) is 23.9 Å². The van der Waals surface area contributed by atoms with E-state index < -0.39 is 0 Å². The van der Waals surface area contributed by atoms with Crippen molar-refractivity contribution in [2.24, 2.45) is 0 Å². The Morgan fingerprint density at radius 2 is 1.93 bits per heavy atom. The molecule has 0 radical (unpaired) electrons. The predicted octanol–water partition coefficient (Wildman–Crippen LogP) is 4.18. The lowest BCUT2D eigenvalue weighted by Gasteiger charge is -2.18. The van der Waals surface area contributed by atoms with Crippen LogP contribution in [0.5, 0.6) is 0 Å². The van der Waals surface area contributed by atoms with Crippen molar-refractivity contribution >= 4 is 28.7 Å². The number of aromatic nitrogens is 2. The fraction of sp³-hybridized carbons (Fsp3) is 0.333. The Hall–Kier alpha value is -2.38. The number of thioether (sulfide) groups is 1. The Morgan fingerprint density at radius 3 is 2.64 bits per heavy atom. The van der Waals surface area contributed by atoms with Gasteiger partial charge in [0, 0.05) is 13.7 Å². The van der Waals surface area contributed by atoms with Crippen LogP contribution in [0.2, 0.25) is 0 Å². The molecule has 2 atom stereocenters. The van der Waals surface area contributed by atoms with E-state index in [1.807, 2.05) is 38.1 Å². The third-order valence-corrected chi connectivity index (χ3v) is 5.61. The van der Waals surface area contributed by atoms with Crippen LogP contribution in [0, 0.1) is 5.82 Å². The first-order valence-electron chi connectivity index (χ1n) is 9.16. The molecule has 0 aliphatic heterocycles. The van der Waals surface area contributed by atoms with Crippen molar-refractivity contribution in [2.45, 2.75) is 36.8 Å². The van der Waals surface area contributed by atoms with Crippen LogP contribution in [0.4, 0.5) is 4.39 Å². The van der Waals surface area contributed by atoms with Crippen molar-refractivity contribution in [1.29, 1.82) is 0 Å². The second-order valence-electron chi connectivity index (χ2n) is 6.57. The van der Waals surface area contributed by atoms with Crippen molar-refractivity contribution in [1.82, 2.24) is 14.9 Å². The van der Waals surface area contributed by atoms with Gasteiger partial charge in [0.2, 0.25) is 5.91 Å². The zero-order chi connectivity index (χ0) is 20.1. The maximum absolute atomic E-state index is 13.1. The number of carbonyl (C=O) groups excluding carboxylic acids is 1. The zero-order valence-electron chi connectivity index (χ0n) is 16.2. The van der Waals surface area contributed by atoms with Gasteiger partial charge in [-0.3, -0.25) is 4.79 Å². The molecule has 0 aliphatic rings. The molecule has 0 saturated heterocycles. The molecule has 28 heavy (non-hydrogen) atoms. The first-order chi connectivity index (χ1) is 13.5. The number of ether oxygens (including phenoxy) is 1. The predicted molar refractivity (Wildman–Crippen MR) is 110 cm³/mol. The van der Waals surface area contributed by atoms with E-state index in [1.54, 1.807) is 19.2 Å². The summed E-state index contributed by atoms with van der Waals surface area (Å²) in [6.07, 6.45) is 0. The summed E-state index contributed by atoms with van der Waals surface area (Å²) in [5, 5.41) is 3.44. The van der Waals surface area contributed by atoms with Gasteiger partial charge in [0.1, 0.15) is 5.82 Å². The summed E-state index contributed by atoms with van der Waals surface area (Å²) >= 11 is 1.42. The molecule has 5 nitrogen and oxygen atoms in total. The fourth-order valence-corrected chi connectivity index (χ4v) is 3.88. The van der Waals surface area contributed by atoms with Crippen molar-refractivity contribution in [3.8, 4) is 0 Å². The van der Waals surface area contributed by atoms with Crippen LogP contribution in [-0.2, 0) is 16.1 Å². The molecule has 0 aliphatic carbocycles. The van der Waals surface area contributed by atoms with E-state index in [9.17, 15) is 9.18 Å². The number of rotatable bonds is 8. The SMILES string of the molecule is COCCn1c(S[C@H](C)C(=O)N[C@H](C)c2ccc(F)cc2)nc2ccccc21. The first-order valence-corrected chi connectivity index (χ1v) is 10.0. The summed E-state index contributed by atoms with van der Waals surface area (Å²) in [5.74, 6) is -0.381. The van der Waals surface area contributed by atoms with Gasteiger partial charge in [0.15, 0.2) is 5.16 Å². The fourth-order valence-electron chi connectivity index (χ4n) is 2.92. The largest absolute Gasteiger partial charge is 0.383 e. The number of hydrogen-bond acceptors (Lipinski definition) is 4. The molecule has 3 aromatic rings. The Kier molecular flexibility index (Phi) is 6.70. The molecule has 7 heteroatoms. The highest BCUT2D eigenvalue weighted by Gasteiger charge is 2.21. The number of carbonyl (C=O) groups is 1. The number of amides is 1. The van der Waals surface area contributed by atoms with Gasteiger partial charge in [0.05, 0.1) is 28.9 Å². The summed E-state index contributed by atoms with van der Waals surface area (Å²) < 4.78 is 20.4. The molecule has 0 bridgehead atoms. The number of methoxy groups -OCH3 is 1. The van der Waals surface area contributed by atoms with Crippen LogP contribution in [0.15, 0.2) is 53.7 Å². The van der Waals surface area contributed by atoms with E-state index in [0.29, 0.717) is 13.2 Å². The molecule has 0 fully saturated rings. The van der Waals surface area contributed by atoms with E-state index in [2.05, 4.69) is 14.9 Å². The quantitative estimate of drug-likeness (QED) is 0.576. The van der Waals surface area contributed by atoms with Crippen LogP contribution < -0.4 is 5.32 Å². The molecule has 0 saturated carbocycles. The lowest BCUT2D eigenvalue weighted by atomic mass is 10.1. The molecule has 1 aromatic heterocycles. The van der Waals surface area contributed by atoms with Gasteiger partial charge in [-0.05, 0) is 43.7 Å². The number of halogens is 1. The van der Waals surface area contributed by atoms with Gasteiger partial charge in [-0.1, -0.05) is 36.0 Å². The number of imidazole rings is 1. The minimum atomic E-state index is -0.332. The minimum Gasteiger partial charge on any atom is -0.383 e. The van der Waals surface area contributed by atoms with E-state index in [-0.39, 0.29) is 23.0 Å². The zero-order valence-corrected chi connectivity index (χ0v) is 17.0. The topological polar surface area (TPSA) is 56.1 Å². The average molecular weight is 402 g/mol. The Morgan fingerprint density at radius 1 is 1.21 bits per heavy atom. The van der Waals surface area contributed by atoms with Gasteiger partial charge in [-0.15, -0.1) is 0 Å². The summed E-state index contributed by atoms with van der Waals surface area (Å²) in [7, 11) is 1.67. The molecular formula is C21H24FN3O2S. The standard InChI is InChI=1S/C21H24FN3O2S/c1-14(16-8-10-17(22)11-9-16)23-20(26)15(2)28-21-24-18-6-4-5-7-19(18)25(21)12-13-27-3/h4-11,14-15H,12-13H2,1-3H3,(H,23,26)/t14-,15-/m1/s1. The third-order valence-electron chi connectivity index (χ3n) is 4.52. The smallest absolute Gasteiger partial charge is 0.233 e. The lowest BCUT2D eigenvalue weighted by Crippen LogP contribution is -2.33. The van der Waals surface area contributed by atoms with Crippen LogP contribution in [0.3, 0.4) is 0 Å². The monoisotopic (exact) mass is 401 g/mol. The van der Waals surface area contributed by atoms with Crippen LogP contribution in [0.1, 0.15) is 25.5 Å². The van der Waals surface area contributed by atoms with Gasteiger partial charge in [-0.25, -0.2) is 9.37 Å². The van der Waals surface area contributed by atoms with Gasteiger partial charge in [0.25, 0.3) is 0 Å². The number of para-hydroxylation sites is 2. The highest BCUT2D eigenvalue weighted by molar-refractivity contribution is 8.00. The second-order valence-corrected chi connectivity index (χ2v) is 7.88. The van der Waals surface area contributed by atoms with E-state index in [4.69, 9.17) is 4.74 Å². The van der Waals surface area contributed by atoms with Crippen LogP contribution in [0.25, 0.3) is 11.0 Å². The highest BCUT2D eigenvalue weighted by atomic mass is 32.2. The highest BCUT2D eigenvalue weighted by Crippen LogP contribution is 2.28. The number of fused-ring (bicyclic) bond motifs is 1. The average Bonchev–Trinajstić information content (AvgIpc) is 3.03. The number of nitrogens with zero attached hydrogens (tertiary/aromatic N) is 2.